The Morgan fingerprint density at radius 1 is 1.38 bits per heavy atom. The summed E-state index contributed by atoms with van der Waals surface area (Å²) in [6, 6.07) is 2.30. The van der Waals surface area contributed by atoms with E-state index in [2.05, 4.69) is 29.2 Å². The molecule has 1 atom stereocenters. The van der Waals surface area contributed by atoms with Crippen LogP contribution in [0, 0.1) is 0 Å². The number of hydrogen-bond donors (Lipinski definition) is 2. The van der Waals surface area contributed by atoms with Gasteiger partial charge in [0.2, 0.25) is 5.91 Å². The van der Waals surface area contributed by atoms with Gasteiger partial charge in [0.15, 0.2) is 5.65 Å². The molecular weight excluding hydrogens is 266 g/mol. The van der Waals surface area contributed by atoms with Gasteiger partial charge in [0, 0.05) is 23.9 Å². The Balaban J connectivity index is 2.01. The first-order chi connectivity index (χ1) is 9.97. The predicted molar refractivity (Wildman–Crippen MR) is 84.0 cm³/mol. The fourth-order valence-corrected chi connectivity index (χ4v) is 2.19. The first kappa shape index (κ1) is 15.4. The number of aromatic nitrogens is 3. The van der Waals surface area contributed by atoms with E-state index in [-0.39, 0.29) is 18.0 Å². The van der Waals surface area contributed by atoms with Crippen LogP contribution in [-0.2, 0) is 4.79 Å². The summed E-state index contributed by atoms with van der Waals surface area (Å²) in [5.41, 5.74) is 7.21. The van der Waals surface area contributed by atoms with Crippen molar-refractivity contribution in [2.75, 3.05) is 5.32 Å². The zero-order valence-corrected chi connectivity index (χ0v) is 12.8. The van der Waals surface area contributed by atoms with E-state index < -0.39 is 0 Å². The maximum atomic E-state index is 11.8. The highest BCUT2D eigenvalue weighted by Gasteiger charge is 2.09. The van der Waals surface area contributed by atoms with Crippen molar-refractivity contribution in [3.05, 3.63) is 18.5 Å². The number of amides is 1. The van der Waals surface area contributed by atoms with Crippen LogP contribution in [0.25, 0.3) is 11.0 Å². The Bertz CT molecular complexity index is 618. The van der Waals surface area contributed by atoms with Crippen LogP contribution in [0.5, 0.6) is 0 Å². The molecule has 21 heavy (non-hydrogen) atoms. The first-order valence-electron chi connectivity index (χ1n) is 7.36. The third-order valence-corrected chi connectivity index (χ3v) is 3.27. The lowest BCUT2D eigenvalue weighted by atomic mass is 10.1. The molecule has 2 heterocycles. The van der Waals surface area contributed by atoms with Crippen molar-refractivity contribution >= 4 is 22.6 Å². The second-order valence-electron chi connectivity index (χ2n) is 5.74. The second-order valence-corrected chi connectivity index (χ2v) is 5.74. The maximum absolute atomic E-state index is 11.8. The van der Waals surface area contributed by atoms with Crippen LogP contribution in [0.2, 0.25) is 0 Å². The minimum absolute atomic E-state index is 0.00643. The monoisotopic (exact) mass is 289 g/mol. The van der Waals surface area contributed by atoms with Crippen LogP contribution >= 0.6 is 0 Å². The van der Waals surface area contributed by atoms with Crippen LogP contribution in [0.3, 0.4) is 0 Å². The number of anilines is 1. The molecule has 1 amide bonds. The number of rotatable bonds is 6. The van der Waals surface area contributed by atoms with E-state index in [4.69, 9.17) is 5.73 Å². The molecule has 0 aromatic carbocycles. The quantitative estimate of drug-likeness (QED) is 0.855. The molecule has 0 radical (unpaired) electrons. The Labute approximate surface area is 124 Å². The molecular formula is C15H23N5O. The molecule has 0 aliphatic carbocycles. The van der Waals surface area contributed by atoms with Gasteiger partial charge in [-0.15, -0.1) is 0 Å². The number of carbonyl (C=O) groups excluding carboxylic acids is 1. The average molecular weight is 289 g/mol. The van der Waals surface area contributed by atoms with E-state index in [9.17, 15) is 4.79 Å². The maximum Gasteiger partial charge on any atom is 0.224 e. The van der Waals surface area contributed by atoms with Crippen LogP contribution in [-0.4, -0.2) is 26.7 Å². The van der Waals surface area contributed by atoms with Crippen molar-refractivity contribution in [1.29, 1.82) is 0 Å². The number of nitrogens with one attached hydrogen (secondary N) is 1. The van der Waals surface area contributed by atoms with E-state index >= 15 is 0 Å². The van der Waals surface area contributed by atoms with Crippen molar-refractivity contribution in [2.24, 2.45) is 5.73 Å². The van der Waals surface area contributed by atoms with Gasteiger partial charge in [-0.05, 0) is 39.7 Å². The van der Waals surface area contributed by atoms with Crippen molar-refractivity contribution in [3.63, 3.8) is 0 Å². The van der Waals surface area contributed by atoms with Crippen molar-refractivity contribution < 1.29 is 4.79 Å². The summed E-state index contributed by atoms with van der Waals surface area (Å²) in [6.07, 6.45) is 5.57. The Hall–Kier alpha value is -1.95. The molecule has 3 N–H and O–H groups in total. The Morgan fingerprint density at radius 2 is 2.14 bits per heavy atom. The van der Waals surface area contributed by atoms with Gasteiger partial charge in [0.25, 0.3) is 0 Å². The minimum Gasteiger partial charge on any atom is -0.328 e. The number of fused-ring (bicyclic) bond motifs is 1. The number of nitrogens with zero attached hydrogens (tertiary/aromatic N) is 3. The smallest absolute Gasteiger partial charge is 0.224 e. The Kier molecular flexibility index (Phi) is 4.90. The topological polar surface area (TPSA) is 85.8 Å². The molecule has 0 bridgehead atoms. The lowest BCUT2D eigenvalue weighted by Gasteiger charge is -2.08. The molecule has 0 spiro atoms. The highest BCUT2D eigenvalue weighted by Crippen LogP contribution is 2.19. The predicted octanol–water partition coefficient (Wildman–Crippen LogP) is 2.47. The van der Waals surface area contributed by atoms with Gasteiger partial charge in [0.1, 0.15) is 0 Å². The summed E-state index contributed by atoms with van der Waals surface area (Å²) in [5, 5.41) is 8.11. The highest BCUT2D eigenvalue weighted by atomic mass is 16.1. The number of carbonyl (C=O) groups is 1. The summed E-state index contributed by atoms with van der Waals surface area (Å²) < 4.78 is 1.86. The van der Waals surface area contributed by atoms with Gasteiger partial charge >= 0.3 is 0 Å². The molecule has 2 rings (SSSR count). The summed E-state index contributed by atoms with van der Waals surface area (Å²) >= 11 is 0. The number of pyridine rings is 1. The average Bonchev–Trinajstić information content (AvgIpc) is 2.81. The van der Waals surface area contributed by atoms with Crippen molar-refractivity contribution in [1.82, 2.24) is 14.8 Å². The van der Waals surface area contributed by atoms with Gasteiger partial charge in [-0.3, -0.25) is 4.79 Å². The Morgan fingerprint density at radius 3 is 2.81 bits per heavy atom. The number of hydrogen-bond acceptors (Lipinski definition) is 4. The lowest BCUT2D eigenvalue weighted by molar-refractivity contribution is -0.116. The largest absolute Gasteiger partial charge is 0.328 e. The molecule has 0 saturated carbocycles. The highest BCUT2D eigenvalue weighted by molar-refractivity contribution is 5.92. The van der Waals surface area contributed by atoms with Gasteiger partial charge in [0.05, 0.1) is 18.1 Å². The van der Waals surface area contributed by atoms with Crippen molar-refractivity contribution in [3.8, 4) is 0 Å². The van der Waals surface area contributed by atoms with Crippen LogP contribution in [0.4, 0.5) is 5.69 Å². The van der Waals surface area contributed by atoms with Crippen LogP contribution < -0.4 is 11.1 Å². The van der Waals surface area contributed by atoms with E-state index in [1.807, 2.05) is 17.7 Å². The third-order valence-electron chi connectivity index (χ3n) is 3.27. The molecule has 2 aromatic rings. The molecule has 6 heteroatoms. The van der Waals surface area contributed by atoms with Gasteiger partial charge in [-0.25, -0.2) is 9.67 Å². The van der Waals surface area contributed by atoms with E-state index in [1.54, 1.807) is 12.4 Å². The fraction of sp³-hybridized carbons (Fsp3) is 0.533. The van der Waals surface area contributed by atoms with Crippen LogP contribution in [0.15, 0.2) is 18.5 Å². The molecule has 0 aliphatic heterocycles. The minimum atomic E-state index is -0.00643. The fourth-order valence-electron chi connectivity index (χ4n) is 2.19. The molecule has 0 fully saturated rings. The van der Waals surface area contributed by atoms with Gasteiger partial charge in [-0.2, -0.15) is 5.10 Å². The summed E-state index contributed by atoms with van der Waals surface area (Å²) in [5.74, 6) is -0.00643. The van der Waals surface area contributed by atoms with Gasteiger partial charge in [-0.1, -0.05) is 0 Å². The zero-order valence-electron chi connectivity index (χ0n) is 12.8. The third kappa shape index (κ3) is 4.01. The SMILES string of the molecule is CC(N)CCCC(=O)Nc1cnc2c(cnn2C(C)C)c1. The van der Waals surface area contributed by atoms with E-state index in [0.29, 0.717) is 12.1 Å². The summed E-state index contributed by atoms with van der Waals surface area (Å²) in [7, 11) is 0. The second kappa shape index (κ2) is 6.67. The molecule has 0 saturated heterocycles. The number of nitrogens with two attached hydrogens (primary N) is 1. The molecule has 1 unspecified atom stereocenters. The summed E-state index contributed by atoms with van der Waals surface area (Å²) in [4.78, 5) is 16.2. The molecule has 6 nitrogen and oxygen atoms in total. The normalized spacial score (nSPS) is 12.8. The molecule has 114 valence electrons. The summed E-state index contributed by atoms with van der Waals surface area (Å²) in [6.45, 7) is 6.06. The van der Waals surface area contributed by atoms with Crippen molar-refractivity contribution in [2.45, 2.75) is 52.1 Å². The standard InChI is InChI=1S/C15H23N5O/c1-10(2)20-15-12(8-18-20)7-13(9-17-15)19-14(21)6-4-5-11(3)16/h7-11H,4-6,16H2,1-3H3,(H,19,21). The lowest BCUT2D eigenvalue weighted by Crippen LogP contribution is -2.16. The van der Waals surface area contributed by atoms with Crippen LogP contribution in [0.1, 0.15) is 46.1 Å². The first-order valence-corrected chi connectivity index (χ1v) is 7.36. The van der Waals surface area contributed by atoms with E-state index in [1.165, 1.54) is 0 Å². The molecule has 2 aromatic heterocycles. The van der Waals surface area contributed by atoms with Gasteiger partial charge < -0.3 is 11.1 Å². The zero-order chi connectivity index (χ0) is 15.4. The van der Waals surface area contributed by atoms with E-state index in [0.717, 1.165) is 23.9 Å². The molecule has 0 aliphatic rings.